The zero-order valence-electron chi connectivity index (χ0n) is 9.85. The molecule has 1 aromatic carbocycles. The van der Waals surface area contributed by atoms with Gasteiger partial charge in [0, 0.05) is 12.0 Å². The van der Waals surface area contributed by atoms with E-state index in [0.29, 0.717) is 5.75 Å². The van der Waals surface area contributed by atoms with Crippen LogP contribution in [0.2, 0.25) is 0 Å². The Morgan fingerprint density at radius 2 is 1.93 bits per heavy atom. The van der Waals surface area contributed by atoms with Crippen LogP contribution in [0, 0.1) is 20.8 Å². The highest BCUT2D eigenvalue weighted by Crippen LogP contribution is 2.37. The van der Waals surface area contributed by atoms with E-state index >= 15 is 0 Å². The van der Waals surface area contributed by atoms with Crippen molar-refractivity contribution in [1.29, 1.82) is 0 Å². The molecule has 0 bridgehead atoms. The lowest BCUT2D eigenvalue weighted by Gasteiger charge is -2.15. The Labute approximate surface area is 90.9 Å². The van der Waals surface area contributed by atoms with Gasteiger partial charge in [-0.1, -0.05) is 6.07 Å². The summed E-state index contributed by atoms with van der Waals surface area (Å²) >= 11 is 0. The van der Waals surface area contributed by atoms with Crippen LogP contribution in [-0.2, 0) is 11.2 Å². The SMILES string of the molecule is Cc1cc(C)c(O)c(CC2(C)CO2)c1C. The van der Waals surface area contributed by atoms with E-state index in [9.17, 15) is 5.11 Å². The maximum atomic E-state index is 10.0. The molecule has 2 rings (SSSR count). The Hall–Kier alpha value is -1.02. The molecule has 1 aliphatic rings. The first-order valence-corrected chi connectivity index (χ1v) is 5.35. The highest BCUT2D eigenvalue weighted by Gasteiger charge is 2.40. The lowest BCUT2D eigenvalue weighted by molar-refractivity contribution is 0.318. The van der Waals surface area contributed by atoms with E-state index in [2.05, 4.69) is 20.8 Å². The fourth-order valence-electron chi connectivity index (χ4n) is 1.97. The Bertz CT molecular complexity index is 377. The Morgan fingerprint density at radius 1 is 1.33 bits per heavy atom. The molecule has 1 aromatic rings. The summed E-state index contributed by atoms with van der Waals surface area (Å²) < 4.78 is 5.38. The molecule has 1 N–H and O–H groups in total. The molecule has 2 heteroatoms. The summed E-state index contributed by atoms with van der Waals surface area (Å²) in [7, 11) is 0. The van der Waals surface area contributed by atoms with Crippen molar-refractivity contribution >= 4 is 0 Å². The highest BCUT2D eigenvalue weighted by molar-refractivity contribution is 5.49. The molecule has 1 aliphatic heterocycles. The quantitative estimate of drug-likeness (QED) is 0.754. The zero-order valence-corrected chi connectivity index (χ0v) is 9.85. The third-order valence-corrected chi connectivity index (χ3v) is 3.32. The summed E-state index contributed by atoms with van der Waals surface area (Å²) in [5, 5.41) is 10.0. The third-order valence-electron chi connectivity index (χ3n) is 3.32. The van der Waals surface area contributed by atoms with Crippen LogP contribution < -0.4 is 0 Å². The van der Waals surface area contributed by atoms with Crippen molar-refractivity contribution in [3.63, 3.8) is 0 Å². The van der Waals surface area contributed by atoms with Crippen LogP contribution in [0.1, 0.15) is 29.2 Å². The molecular weight excluding hydrogens is 188 g/mol. The van der Waals surface area contributed by atoms with Crippen molar-refractivity contribution in [2.75, 3.05) is 6.61 Å². The number of hydrogen-bond acceptors (Lipinski definition) is 2. The summed E-state index contributed by atoms with van der Waals surface area (Å²) in [6.45, 7) is 8.99. The molecule has 1 saturated heterocycles. The van der Waals surface area contributed by atoms with Gasteiger partial charge < -0.3 is 9.84 Å². The lowest BCUT2D eigenvalue weighted by atomic mass is 9.92. The highest BCUT2D eigenvalue weighted by atomic mass is 16.6. The second kappa shape index (κ2) is 3.24. The van der Waals surface area contributed by atoms with Gasteiger partial charge in [-0.05, 0) is 44.4 Å². The molecule has 0 aromatic heterocycles. The topological polar surface area (TPSA) is 32.8 Å². The zero-order chi connectivity index (χ0) is 11.2. The van der Waals surface area contributed by atoms with E-state index in [1.807, 2.05) is 13.0 Å². The first kappa shape index (κ1) is 10.5. The van der Waals surface area contributed by atoms with Gasteiger partial charge >= 0.3 is 0 Å². The summed E-state index contributed by atoms with van der Waals surface area (Å²) in [6.07, 6.45) is 0.813. The molecule has 0 saturated carbocycles. The van der Waals surface area contributed by atoms with Crippen molar-refractivity contribution in [3.8, 4) is 5.75 Å². The van der Waals surface area contributed by atoms with Crippen molar-refractivity contribution in [2.45, 2.75) is 39.7 Å². The molecule has 0 radical (unpaired) electrons. The number of ether oxygens (including phenoxy) is 1. The molecule has 1 atom stereocenters. The fraction of sp³-hybridized carbons (Fsp3) is 0.538. The smallest absolute Gasteiger partial charge is 0.122 e. The van der Waals surface area contributed by atoms with E-state index in [1.54, 1.807) is 0 Å². The number of rotatable bonds is 2. The molecule has 1 fully saturated rings. The molecule has 2 nitrogen and oxygen atoms in total. The van der Waals surface area contributed by atoms with Gasteiger partial charge in [-0.15, -0.1) is 0 Å². The second-order valence-electron chi connectivity index (χ2n) is 4.88. The van der Waals surface area contributed by atoms with Gasteiger partial charge in [-0.3, -0.25) is 0 Å². The number of benzene rings is 1. The normalized spacial score (nSPS) is 24.3. The van der Waals surface area contributed by atoms with E-state index in [1.165, 1.54) is 11.1 Å². The van der Waals surface area contributed by atoms with E-state index < -0.39 is 0 Å². The van der Waals surface area contributed by atoms with Crippen LogP contribution in [0.4, 0.5) is 0 Å². The van der Waals surface area contributed by atoms with Crippen LogP contribution in [0.3, 0.4) is 0 Å². The monoisotopic (exact) mass is 206 g/mol. The van der Waals surface area contributed by atoms with Gasteiger partial charge in [-0.25, -0.2) is 0 Å². The predicted octanol–water partition coefficient (Wildman–Crippen LogP) is 2.65. The van der Waals surface area contributed by atoms with Crippen LogP contribution in [-0.4, -0.2) is 17.3 Å². The molecule has 0 amide bonds. The molecule has 0 aliphatic carbocycles. The van der Waals surface area contributed by atoms with Crippen LogP contribution >= 0.6 is 0 Å². The summed E-state index contributed by atoms with van der Waals surface area (Å²) in [6, 6.07) is 2.03. The average molecular weight is 206 g/mol. The first-order valence-electron chi connectivity index (χ1n) is 5.35. The standard InChI is InChI=1S/C13H18O2/c1-8-5-9(2)12(14)11(10(8)3)6-13(4)7-15-13/h5,14H,6-7H2,1-4H3. The van der Waals surface area contributed by atoms with Crippen molar-refractivity contribution in [1.82, 2.24) is 0 Å². The maximum Gasteiger partial charge on any atom is 0.122 e. The Balaban J connectivity index is 2.44. The fourth-order valence-corrected chi connectivity index (χ4v) is 1.97. The molecular formula is C13H18O2. The molecule has 1 unspecified atom stereocenters. The van der Waals surface area contributed by atoms with E-state index in [-0.39, 0.29) is 5.60 Å². The molecule has 0 spiro atoms. The Morgan fingerprint density at radius 3 is 2.47 bits per heavy atom. The first-order chi connectivity index (χ1) is 6.93. The number of aromatic hydroxyl groups is 1. The average Bonchev–Trinajstić information content (AvgIpc) is 2.89. The number of aryl methyl sites for hydroxylation is 2. The van der Waals surface area contributed by atoms with Gasteiger partial charge in [0.15, 0.2) is 0 Å². The summed E-state index contributed by atoms with van der Waals surface area (Å²) in [5.74, 6) is 0.440. The molecule has 82 valence electrons. The lowest BCUT2D eigenvalue weighted by Crippen LogP contribution is -2.11. The predicted molar refractivity (Wildman–Crippen MR) is 60.4 cm³/mol. The minimum absolute atomic E-state index is 0.0392. The largest absolute Gasteiger partial charge is 0.507 e. The number of epoxide rings is 1. The number of phenols is 1. The van der Waals surface area contributed by atoms with Crippen LogP contribution in [0.15, 0.2) is 6.07 Å². The van der Waals surface area contributed by atoms with Gasteiger partial charge in [-0.2, -0.15) is 0 Å². The summed E-state index contributed by atoms with van der Waals surface area (Å²) in [4.78, 5) is 0. The Kier molecular flexibility index (Phi) is 2.27. The van der Waals surface area contributed by atoms with Gasteiger partial charge in [0.05, 0.1) is 12.2 Å². The summed E-state index contributed by atoms with van der Waals surface area (Å²) in [5.41, 5.74) is 4.40. The van der Waals surface area contributed by atoms with Gasteiger partial charge in [0.2, 0.25) is 0 Å². The van der Waals surface area contributed by atoms with E-state index in [0.717, 1.165) is 24.2 Å². The van der Waals surface area contributed by atoms with Gasteiger partial charge in [0.1, 0.15) is 5.75 Å². The van der Waals surface area contributed by atoms with Crippen LogP contribution in [0.5, 0.6) is 5.75 Å². The molecule has 15 heavy (non-hydrogen) atoms. The number of phenolic OH excluding ortho intramolecular Hbond substituents is 1. The minimum Gasteiger partial charge on any atom is -0.507 e. The number of hydrogen-bond donors (Lipinski definition) is 1. The van der Waals surface area contributed by atoms with E-state index in [4.69, 9.17) is 4.74 Å². The molecule has 1 heterocycles. The third kappa shape index (κ3) is 1.86. The van der Waals surface area contributed by atoms with Crippen molar-refractivity contribution in [3.05, 3.63) is 28.3 Å². The second-order valence-corrected chi connectivity index (χ2v) is 4.88. The maximum absolute atomic E-state index is 10.0. The van der Waals surface area contributed by atoms with Crippen molar-refractivity contribution in [2.24, 2.45) is 0 Å². The van der Waals surface area contributed by atoms with Crippen LogP contribution in [0.25, 0.3) is 0 Å². The van der Waals surface area contributed by atoms with Gasteiger partial charge in [0.25, 0.3) is 0 Å². The minimum atomic E-state index is -0.0392. The van der Waals surface area contributed by atoms with Crippen molar-refractivity contribution < 1.29 is 9.84 Å².